The van der Waals surface area contributed by atoms with Crippen molar-refractivity contribution in [2.45, 2.75) is 62.3 Å². The lowest BCUT2D eigenvalue weighted by molar-refractivity contribution is -0.303. The molecule has 1 amide bonds. The number of methoxy groups -OCH3 is 2. The third kappa shape index (κ3) is 5.13. The first-order valence-corrected chi connectivity index (χ1v) is 8.59. The third-order valence-corrected chi connectivity index (χ3v) is 4.61. The monoisotopic (exact) mass is 393 g/mol. The van der Waals surface area contributed by atoms with Crippen LogP contribution in [0.25, 0.3) is 0 Å². The van der Waals surface area contributed by atoms with E-state index in [1.807, 2.05) is 0 Å². The standard InChI is InChI=1S/C16H27NO10/c1-7(19)17-8-6-25-11(5-18)12(21)13(8)26-16-9(20)4-10(23-2)14(27-16)15(22)24-3/h8-14,16,18,20-21H,4-6H2,1-3H3,(H,17,19)/t8-,9+,10-,11+,12+,13+,14-,16+/m0/s1. The number of carbonyl (C=O) groups is 2. The molecule has 2 aliphatic rings. The van der Waals surface area contributed by atoms with Crippen LogP contribution >= 0.6 is 0 Å². The van der Waals surface area contributed by atoms with Crippen LogP contribution in [0, 0.1) is 0 Å². The summed E-state index contributed by atoms with van der Waals surface area (Å²) in [6, 6.07) is -0.743. The van der Waals surface area contributed by atoms with Crippen LogP contribution in [0.3, 0.4) is 0 Å². The van der Waals surface area contributed by atoms with Gasteiger partial charge in [0.15, 0.2) is 12.4 Å². The smallest absolute Gasteiger partial charge is 0.337 e. The summed E-state index contributed by atoms with van der Waals surface area (Å²) in [4.78, 5) is 23.4. The van der Waals surface area contributed by atoms with Crippen LogP contribution < -0.4 is 5.32 Å². The minimum absolute atomic E-state index is 0.0174. The molecule has 27 heavy (non-hydrogen) atoms. The predicted octanol–water partition coefficient (Wildman–Crippen LogP) is -2.71. The molecule has 0 aromatic heterocycles. The molecule has 0 radical (unpaired) electrons. The highest BCUT2D eigenvalue weighted by molar-refractivity contribution is 5.75. The van der Waals surface area contributed by atoms with E-state index in [4.69, 9.17) is 18.9 Å². The van der Waals surface area contributed by atoms with Crippen LogP contribution in [0.1, 0.15) is 13.3 Å². The van der Waals surface area contributed by atoms with Gasteiger partial charge in [-0.1, -0.05) is 0 Å². The number of nitrogens with one attached hydrogen (secondary N) is 1. The summed E-state index contributed by atoms with van der Waals surface area (Å²) in [7, 11) is 2.57. The SMILES string of the molecule is COC(=O)[C@H]1O[C@@H](O[C@H]2[C@H](O)[C@@H](CO)OC[C@@H]2NC(C)=O)[C@H](O)C[C@@H]1OC. The molecule has 0 aliphatic carbocycles. The van der Waals surface area contributed by atoms with Crippen molar-refractivity contribution in [3.05, 3.63) is 0 Å². The highest BCUT2D eigenvalue weighted by atomic mass is 16.7. The van der Waals surface area contributed by atoms with E-state index in [0.29, 0.717) is 0 Å². The summed E-state index contributed by atoms with van der Waals surface area (Å²) in [5.41, 5.74) is 0. The van der Waals surface area contributed by atoms with E-state index in [1.54, 1.807) is 0 Å². The van der Waals surface area contributed by atoms with Crippen molar-refractivity contribution >= 4 is 11.9 Å². The molecule has 8 atom stereocenters. The van der Waals surface area contributed by atoms with Gasteiger partial charge in [-0.2, -0.15) is 0 Å². The molecule has 0 bridgehead atoms. The van der Waals surface area contributed by atoms with Crippen molar-refractivity contribution in [3.8, 4) is 0 Å². The van der Waals surface area contributed by atoms with E-state index in [1.165, 1.54) is 21.1 Å². The Balaban J connectivity index is 2.16. The minimum Gasteiger partial charge on any atom is -0.467 e. The lowest BCUT2D eigenvalue weighted by Crippen LogP contribution is -2.63. The van der Waals surface area contributed by atoms with Crippen molar-refractivity contribution in [1.29, 1.82) is 0 Å². The van der Waals surface area contributed by atoms with Gasteiger partial charge in [0.1, 0.15) is 24.4 Å². The molecule has 2 heterocycles. The van der Waals surface area contributed by atoms with E-state index in [9.17, 15) is 24.9 Å². The molecule has 11 heteroatoms. The second kappa shape index (κ2) is 9.73. The molecule has 11 nitrogen and oxygen atoms in total. The van der Waals surface area contributed by atoms with Crippen molar-refractivity contribution in [1.82, 2.24) is 5.32 Å². The number of esters is 1. The summed E-state index contributed by atoms with van der Waals surface area (Å²) in [6.07, 6.45) is -7.53. The van der Waals surface area contributed by atoms with Gasteiger partial charge in [-0.05, 0) is 0 Å². The highest BCUT2D eigenvalue weighted by Gasteiger charge is 2.47. The van der Waals surface area contributed by atoms with Gasteiger partial charge in [0.05, 0.1) is 32.5 Å². The molecule has 0 saturated carbocycles. The van der Waals surface area contributed by atoms with Crippen molar-refractivity contribution in [3.63, 3.8) is 0 Å². The topological polar surface area (TPSA) is 153 Å². The van der Waals surface area contributed by atoms with Crippen molar-refractivity contribution in [2.24, 2.45) is 0 Å². The molecular weight excluding hydrogens is 366 g/mol. The summed E-state index contributed by atoms with van der Waals surface area (Å²) in [6.45, 7) is 0.818. The molecule has 2 aliphatic heterocycles. The predicted molar refractivity (Wildman–Crippen MR) is 87.4 cm³/mol. The molecule has 0 unspecified atom stereocenters. The Morgan fingerprint density at radius 3 is 2.52 bits per heavy atom. The summed E-state index contributed by atoms with van der Waals surface area (Å²) in [5.74, 6) is -1.06. The summed E-state index contributed by atoms with van der Waals surface area (Å²) >= 11 is 0. The zero-order chi connectivity index (χ0) is 20.1. The maximum Gasteiger partial charge on any atom is 0.337 e. The molecule has 0 aromatic carbocycles. The molecular formula is C16H27NO10. The Labute approximate surface area is 156 Å². The van der Waals surface area contributed by atoms with Gasteiger partial charge in [0.2, 0.25) is 5.91 Å². The van der Waals surface area contributed by atoms with Crippen molar-refractivity contribution in [2.75, 3.05) is 27.4 Å². The number of carbonyl (C=O) groups excluding carboxylic acids is 2. The van der Waals surface area contributed by atoms with Crippen LogP contribution in [0.2, 0.25) is 0 Å². The Kier molecular flexibility index (Phi) is 7.91. The van der Waals surface area contributed by atoms with E-state index in [0.717, 1.165) is 0 Å². The number of hydrogen-bond donors (Lipinski definition) is 4. The third-order valence-electron chi connectivity index (χ3n) is 4.61. The van der Waals surface area contributed by atoms with E-state index in [-0.39, 0.29) is 18.9 Å². The van der Waals surface area contributed by atoms with Gasteiger partial charge < -0.3 is 44.3 Å². The Hall–Kier alpha value is -1.34. The second-order valence-corrected chi connectivity index (χ2v) is 6.48. The van der Waals surface area contributed by atoms with Gasteiger partial charge in [-0.25, -0.2) is 4.79 Å². The molecule has 0 spiro atoms. The minimum atomic E-state index is -1.30. The Bertz CT molecular complexity index is 517. The van der Waals surface area contributed by atoms with Gasteiger partial charge in [0, 0.05) is 20.5 Å². The summed E-state index contributed by atoms with van der Waals surface area (Å²) < 4.78 is 26.4. The average Bonchev–Trinajstić information content (AvgIpc) is 2.64. The van der Waals surface area contributed by atoms with E-state index < -0.39 is 61.5 Å². The van der Waals surface area contributed by atoms with E-state index in [2.05, 4.69) is 10.1 Å². The normalized spacial score (nSPS) is 39.6. The molecule has 2 fully saturated rings. The first kappa shape index (κ1) is 22.0. The number of hydrogen-bond acceptors (Lipinski definition) is 10. The first-order valence-electron chi connectivity index (χ1n) is 8.59. The fourth-order valence-electron chi connectivity index (χ4n) is 3.21. The van der Waals surface area contributed by atoms with Gasteiger partial charge in [-0.3, -0.25) is 4.79 Å². The largest absolute Gasteiger partial charge is 0.467 e. The van der Waals surface area contributed by atoms with Crippen LogP contribution in [-0.2, 0) is 33.3 Å². The fraction of sp³-hybridized carbons (Fsp3) is 0.875. The molecule has 4 N–H and O–H groups in total. The average molecular weight is 393 g/mol. The highest BCUT2D eigenvalue weighted by Crippen LogP contribution is 2.28. The lowest BCUT2D eigenvalue weighted by Gasteiger charge is -2.44. The van der Waals surface area contributed by atoms with Crippen LogP contribution in [-0.4, -0.2) is 104 Å². The van der Waals surface area contributed by atoms with Gasteiger partial charge in [-0.15, -0.1) is 0 Å². The lowest BCUT2D eigenvalue weighted by atomic mass is 9.97. The Morgan fingerprint density at radius 1 is 1.26 bits per heavy atom. The quantitative estimate of drug-likeness (QED) is 0.350. The molecule has 156 valence electrons. The fourth-order valence-corrected chi connectivity index (χ4v) is 3.21. The molecule has 2 rings (SSSR count). The number of amides is 1. The summed E-state index contributed by atoms with van der Waals surface area (Å²) in [5, 5.41) is 32.7. The van der Waals surface area contributed by atoms with Crippen LogP contribution in [0.4, 0.5) is 0 Å². The first-order chi connectivity index (χ1) is 12.8. The number of rotatable bonds is 6. The molecule has 2 saturated heterocycles. The number of aliphatic hydroxyl groups excluding tert-OH is 3. The molecule has 0 aromatic rings. The zero-order valence-electron chi connectivity index (χ0n) is 15.4. The van der Waals surface area contributed by atoms with Gasteiger partial charge >= 0.3 is 5.97 Å². The number of aliphatic hydroxyl groups is 3. The van der Waals surface area contributed by atoms with Crippen LogP contribution in [0.5, 0.6) is 0 Å². The maximum atomic E-state index is 11.9. The maximum absolute atomic E-state index is 11.9. The van der Waals surface area contributed by atoms with Gasteiger partial charge in [0.25, 0.3) is 0 Å². The van der Waals surface area contributed by atoms with Crippen molar-refractivity contribution < 1.29 is 48.6 Å². The van der Waals surface area contributed by atoms with Crippen LogP contribution in [0.15, 0.2) is 0 Å². The Morgan fingerprint density at radius 2 is 1.96 bits per heavy atom. The number of ether oxygens (including phenoxy) is 5. The zero-order valence-corrected chi connectivity index (χ0v) is 15.4. The van der Waals surface area contributed by atoms with E-state index >= 15 is 0 Å². The second-order valence-electron chi connectivity index (χ2n) is 6.48.